The summed E-state index contributed by atoms with van der Waals surface area (Å²) in [6.07, 6.45) is 0. The van der Waals surface area contributed by atoms with E-state index in [1.54, 1.807) is 0 Å². The summed E-state index contributed by atoms with van der Waals surface area (Å²) >= 11 is 0. The Balaban J connectivity index is -0.0000000646. The van der Waals surface area contributed by atoms with Crippen molar-refractivity contribution in [1.29, 1.82) is 0 Å². The van der Waals surface area contributed by atoms with Crippen molar-refractivity contribution in [2.75, 3.05) is 0 Å². The minimum atomic E-state index is -1.64. The molecule has 0 rings (SSSR count). The predicted octanol–water partition coefficient (Wildman–Crippen LogP) is -6.29. The second-order valence-corrected chi connectivity index (χ2v) is 2.44. The zero-order chi connectivity index (χ0) is 8.28. The van der Waals surface area contributed by atoms with Gasteiger partial charge in [0, 0.05) is 0 Å². The summed E-state index contributed by atoms with van der Waals surface area (Å²) in [5.41, 5.74) is 0. The molecule has 0 amide bonds. The van der Waals surface area contributed by atoms with E-state index in [2.05, 4.69) is 5.40 Å². The van der Waals surface area contributed by atoms with E-state index in [0.717, 1.165) is 10.4 Å². The lowest BCUT2D eigenvalue weighted by atomic mass is 13.8. The van der Waals surface area contributed by atoms with Crippen LogP contribution in [-0.4, -0.2) is 29.5 Å². The molecule has 0 fully saturated rings. The van der Waals surface area contributed by atoms with E-state index in [1.165, 1.54) is 0 Å². The van der Waals surface area contributed by atoms with E-state index in [-0.39, 0.29) is 0 Å². The molecular weight excluding hydrogens is 168 g/mol. The topological polar surface area (TPSA) is 156 Å². The smallest absolute Gasteiger partial charge is 0.256 e. The first kappa shape index (κ1) is 16.2. The molecule has 0 atom stereocenters. The summed E-state index contributed by atoms with van der Waals surface area (Å²) < 4.78 is 0. The Bertz CT molecular complexity index is 19.5. The molecular formula is H18N6Si3. The fourth-order valence-electron chi connectivity index (χ4n) is 0. The number of nitrogens with two attached hydrogens (primary N) is 6. The van der Waals surface area contributed by atoms with Gasteiger partial charge in [-0.1, -0.05) is 0 Å². The third-order valence-corrected chi connectivity index (χ3v) is 0. The Morgan fingerprint density at radius 1 is 1.00 bits per heavy atom. The summed E-state index contributed by atoms with van der Waals surface area (Å²) in [7, 11) is -1.42. The molecule has 0 aromatic rings. The van der Waals surface area contributed by atoms with Crippen LogP contribution < -0.4 is 32.4 Å². The molecule has 0 spiro atoms. The van der Waals surface area contributed by atoms with Gasteiger partial charge in [0.25, 0.3) is 9.28 Å². The highest BCUT2D eigenvalue weighted by Crippen LogP contribution is 1.06. The maximum absolute atomic E-state index is 4.81. The van der Waals surface area contributed by atoms with Crippen LogP contribution in [0.15, 0.2) is 0 Å². The van der Waals surface area contributed by atoms with E-state index in [9.17, 15) is 0 Å². The molecule has 0 radical (unpaired) electrons. The molecule has 0 bridgehead atoms. The highest BCUT2D eigenvalue weighted by atomic mass is 28.3. The molecule has 12 N–H and O–H groups in total. The van der Waals surface area contributed by atoms with Crippen LogP contribution in [0.1, 0.15) is 0 Å². The fraction of sp³-hybridized carbons (Fsp3) is 0. The molecule has 0 saturated heterocycles. The Labute approximate surface area is 62.6 Å². The van der Waals surface area contributed by atoms with Crippen molar-refractivity contribution in [2.24, 2.45) is 32.4 Å². The average Bonchev–Trinajstić information content (AvgIpc) is 1.71. The summed E-state index contributed by atoms with van der Waals surface area (Å²) in [5.74, 6) is 0. The summed E-state index contributed by atoms with van der Waals surface area (Å²) in [6.45, 7) is 0. The first-order valence-electron chi connectivity index (χ1n) is 2.39. The second kappa shape index (κ2) is 23.7. The van der Waals surface area contributed by atoms with Crippen molar-refractivity contribution in [2.45, 2.75) is 0 Å². The highest BCUT2D eigenvalue weighted by molar-refractivity contribution is 6.47. The van der Waals surface area contributed by atoms with Crippen molar-refractivity contribution in [3.63, 3.8) is 0 Å². The van der Waals surface area contributed by atoms with E-state index in [4.69, 9.17) is 27.0 Å². The lowest BCUT2D eigenvalue weighted by Gasteiger charge is -1.79. The molecule has 0 heterocycles. The van der Waals surface area contributed by atoms with E-state index in [1.807, 2.05) is 0 Å². The normalized spacial score (nSPS) is 7.00. The van der Waals surface area contributed by atoms with Crippen molar-refractivity contribution in [3.8, 4) is 0 Å². The van der Waals surface area contributed by atoms with E-state index < -0.39 is 19.1 Å². The summed E-state index contributed by atoms with van der Waals surface area (Å²) in [4.78, 5) is 0. The van der Waals surface area contributed by atoms with Gasteiger partial charge in [-0.05, 0) is 0 Å². The van der Waals surface area contributed by atoms with Gasteiger partial charge < -0.3 is 32.4 Å². The predicted molar refractivity (Wildman–Crippen MR) is 50.8 cm³/mol. The molecule has 6 nitrogen and oxygen atoms in total. The molecule has 60 valence electrons. The van der Waals surface area contributed by atoms with Crippen LogP contribution in [0, 0.1) is 0 Å². The van der Waals surface area contributed by atoms with Gasteiger partial charge in [-0.2, -0.15) is 0 Å². The van der Waals surface area contributed by atoms with Crippen molar-refractivity contribution in [1.82, 2.24) is 0 Å². The minimum Gasteiger partial charge on any atom is -0.358 e. The van der Waals surface area contributed by atoms with Gasteiger partial charge in [-0.15, -0.1) is 0 Å². The quantitative estimate of drug-likeness (QED) is 0.207. The van der Waals surface area contributed by atoms with Crippen LogP contribution in [0.5, 0.6) is 0 Å². The van der Waals surface area contributed by atoms with Gasteiger partial charge in [-0.3, -0.25) is 0 Å². The van der Waals surface area contributed by atoms with Crippen LogP contribution in [0.4, 0.5) is 0 Å². The van der Waals surface area contributed by atoms with Crippen molar-refractivity contribution in [3.05, 3.63) is 0 Å². The molecule has 0 aliphatic rings. The zero-order valence-electron chi connectivity index (χ0n) is 5.75. The molecule has 0 aliphatic heterocycles. The molecule has 9 heteroatoms. The van der Waals surface area contributed by atoms with Crippen LogP contribution in [-0.2, 0) is 0 Å². The Kier molecular flexibility index (Phi) is 42.7. The second-order valence-electron chi connectivity index (χ2n) is 0.813. The summed E-state index contributed by atoms with van der Waals surface area (Å²) in [6, 6.07) is 0. The third kappa shape index (κ3) is 2050. The Morgan fingerprint density at radius 3 is 1.00 bits per heavy atom. The van der Waals surface area contributed by atoms with E-state index in [0.29, 0.717) is 0 Å². The summed E-state index contributed by atoms with van der Waals surface area (Å²) in [5, 5.41) is 28.6. The number of hydrogen-bond acceptors (Lipinski definition) is 6. The first-order chi connectivity index (χ1) is 4.15. The van der Waals surface area contributed by atoms with Crippen LogP contribution in [0.25, 0.3) is 0 Å². The van der Waals surface area contributed by atoms with Crippen LogP contribution in [0.2, 0.25) is 0 Å². The maximum atomic E-state index is 4.81. The minimum absolute atomic E-state index is 0.583. The van der Waals surface area contributed by atoms with Gasteiger partial charge in [0.15, 0.2) is 9.84 Å². The molecule has 9 heavy (non-hydrogen) atoms. The lowest BCUT2D eigenvalue weighted by molar-refractivity contribution is 1.55. The van der Waals surface area contributed by atoms with Gasteiger partial charge >= 0.3 is 0 Å². The van der Waals surface area contributed by atoms with Crippen molar-refractivity contribution < 1.29 is 0 Å². The fourth-order valence-corrected chi connectivity index (χ4v) is 0. The van der Waals surface area contributed by atoms with Gasteiger partial charge in [0.1, 0.15) is 0 Å². The Hall–Kier alpha value is 0.411. The zero-order valence-corrected chi connectivity index (χ0v) is 10.3. The average molecular weight is 186 g/mol. The SMILES string of the molecule is N[SiH2]N.N[SiH3].N[SiH](N)N. The highest BCUT2D eigenvalue weighted by Gasteiger charge is 1.72. The molecule has 0 aliphatic carbocycles. The van der Waals surface area contributed by atoms with Crippen LogP contribution >= 0.6 is 0 Å². The van der Waals surface area contributed by atoms with Gasteiger partial charge in [-0.25, -0.2) is 0 Å². The number of hydrogen-bond donors (Lipinski definition) is 6. The van der Waals surface area contributed by atoms with Gasteiger partial charge in [0.2, 0.25) is 0 Å². The Morgan fingerprint density at radius 2 is 1.00 bits per heavy atom. The maximum Gasteiger partial charge on any atom is 0.256 e. The van der Waals surface area contributed by atoms with Gasteiger partial charge in [0.05, 0.1) is 10.4 Å². The largest absolute Gasteiger partial charge is 0.358 e. The lowest BCUT2D eigenvalue weighted by Crippen LogP contribution is -2.46. The molecule has 0 aromatic heterocycles. The first-order valence-corrected chi connectivity index (χ1v) is 7.18. The molecule has 0 aromatic carbocycles. The molecule has 0 unspecified atom stereocenters. The monoisotopic (exact) mass is 186 g/mol. The standard InChI is InChI=1S/H7N3Si.H6N2Si.H5NSi/c1-4(2)3;1-3-2;1-2/h4H,1-3H2;1-3H2;1H2,2H3. The number of rotatable bonds is 0. The van der Waals surface area contributed by atoms with Crippen LogP contribution in [0.3, 0.4) is 0 Å². The van der Waals surface area contributed by atoms with Crippen molar-refractivity contribution >= 4 is 29.5 Å². The third-order valence-electron chi connectivity index (χ3n) is 0. The molecule has 0 saturated carbocycles. The van der Waals surface area contributed by atoms with E-state index >= 15 is 0 Å².